The highest BCUT2D eigenvalue weighted by molar-refractivity contribution is 9.09. The lowest BCUT2D eigenvalue weighted by Crippen LogP contribution is -2.16. The predicted octanol–water partition coefficient (Wildman–Crippen LogP) is 4.47. The van der Waals surface area contributed by atoms with Crippen LogP contribution in [-0.4, -0.2) is 13.2 Å². The highest BCUT2D eigenvalue weighted by Crippen LogP contribution is 2.42. The van der Waals surface area contributed by atoms with Crippen LogP contribution in [0.2, 0.25) is 0 Å². The van der Waals surface area contributed by atoms with Gasteiger partial charge >= 0.3 is 0 Å². The Morgan fingerprint density at radius 2 is 1.72 bits per heavy atom. The lowest BCUT2D eigenvalue weighted by Gasteiger charge is -2.27. The van der Waals surface area contributed by atoms with Crippen molar-refractivity contribution in [1.82, 2.24) is 0 Å². The van der Waals surface area contributed by atoms with Gasteiger partial charge in [-0.25, -0.2) is 0 Å². The summed E-state index contributed by atoms with van der Waals surface area (Å²) >= 11 is 3.88. The number of hydrogen-bond donors (Lipinski definition) is 0. The Labute approximate surface area is 117 Å². The maximum absolute atomic E-state index is 5.66. The molecule has 1 unspecified atom stereocenters. The number of hydrogen-bond acceptors (Lipinski definition) is 2. The fraction of sp³-hybridized carbons (Fsp3) is 0.600. The van der Waals surface area contributed by atoms with Crippen molar-refractivity contribution in [3.8, 4) is 11.5 Å². The van der Waals surface area contributed by atoms with E-state index in [-0.39, 0.29) is 0 Å². The number of benzene rings is 1. The summed E-state index contributed by atoms with van der Waals surface area (Å²) in [4.78, 5) is 0.452. The average Bonchev–Trinajstić information content (AvgIpc) is 2.47. The number of halogens is 1. The molecule has 1 saturated carbocycles. The maximum atomic E-state index is 5.66. The third-order valence-electron chi connectivity index (χ3n) is 3.95. The summed E-state index contributed by atoms with van der Waals surface area (Å²) in [6.07, 6.45) is 6.82. The summed E-state index contributed by atoms with van der Waals surface area (Å²) < 4.78 is 11.2. The first-order valence-electron chi connectivity index (χ1n) is 6.88. The highest BCUT2D eigenvalue weighted by Gasteiger charge is 2.24. The Hall–Kier alpha value is -0.700. The molecule has 0 saturated heterocycles. The second-order valence-corrected chi connectivity index (χ2v) is 6.19. The Kier molecular flexibility index (Phi) is 3.78. The van der Waals surface area contributed by atoms with E-state index in [0.717, 1.165) is 17.4 Å². The second kappa shape index (κ2) is 5.52. The van der Waals surface area contributed by atoms with Gasteiger partial charge in [0.15, 0.2) is 11.5 Å². The molecule has 0 N–H and O–H groups in total. The van der Waals surface area contributed by atoms with E-state index in [2.05, 4.69) is 28.1 Å². The van der Waals surface area contributed by atoms with Crippen molar-refractivity contribution in [3.63, 3.8) is 0 Å². The zero-order valence-corrected chi connectivity index (χ0v) is 12.1. The van der Waals surface area contributed by atoms with E-state index in [1.165, 1.54) is 37.7 Å². The molecule has 0 radical (unpaired) electrons. The van der Waals surface area contributed by atoms with Gasteiger partial charge in [0.05, 0.1) is 0 Å². The van der Waals surface area contributed by atoms with Gasteiger partial charge in [0.25, 0.3) is 0 Å². The zero-order chi connectivity index (χ0) is 12.4. The molecule has 2 aliphatic rings. The molecule has 0 bridgehead atoms. The van der Waals surface area contributed by atoms with Crippen molar-refractivity contribution in [3.05, 3.63) is 23.8 Å². The SMILES string of the molecule is BrC(c1ccc2c(c1)OCCO2)C1CCCCC1. The molecule has 3 heteroatoms. The summed E-state index contributed by atoms with van der Waals surface area (Å²) in [5.41, 5.74) is 1.33. The number of alkyl halides is 1. The maximum Gasteiger partial charge on any atom is 0.161 e. The molecule has 98 valence electrons. The molecule has 1 fully saturated rings. The Balaban J connectivity index is 1.78. The van der Waals surface area contributed by atoms with Gasteiger partial charge < -0.3 is 9.47 Å². The van der Waals surface area contributed by atoms with Crippen LogP contribution in [0.3, 0.4) is 0 Å². The highest BCUT2D eigenvalue weighted by atomic mass is 79.9. The van der Waals surface area contributed by atoms with E-state index in [1.54, 1.807) is 0 Å². The van der Waals surface area contributed by atoms with Crippen molar-refractivity contribution in [2.75, 3.05) is 13.2 Å². The second-order valence-electron chi connectivity index (χ2n) is 5.20. The van der Waals surface area contributed by atoms with Gasteiger partial charge in [0, 0.05) is 4.83 Å². The van der Waals surface area contributed by atoms with Crippen molar-refractivity contribution in [1.29, 1.82) is 0 Å². The number of fused-ring (bicyclic) bond motifs is 1. The van der Waals surface area contributed by atoms with Crippen molar-refractivity contribution < 1.29 is 9.47 Å². The van der Waals surface area contributed by atoms with Crippen molar-refractivity contribution in [2.45, 2.75) is 36.9 Å². The van der Waals surface area contributed by atoms with Crippen LogP contribution in [0.25, 0.3) is 0 Å². The fourth-order valence-electron chi connectivity index (χ4n) is 2.93. The fourth-order valence-corrected chi connectivity index (χ4v) is 3.74. The summed E-state index contributed by atoms with van der Waals surface area (Å²) in [6.45, 7) is 1.32. The summed E-state index contributed by atoms with van der Waals surface area (Å²) in [5, 5.41) is 0. The minimum Gasteiger partial charge on any atom is -0.486 e. The van der Waals surface area contributed by atoms with E-state index >= 15 is 0 Å². The van der Waals surface area contributed by atoms with Crippen LogP contribution >= 0.6 is 15.9 Å². The summed E-state index contributed by atoms with van der Waals surface area (Å²) in [7, 11) is 0. The smallest absolute Gasteiger partial charge is 0.161 e. The molecule has 1 atom stereocenters. The van der Waals surface area contributed by atoms with Crippen LogP contribution < -0.4 is 9.47 Å². The van der Waals surface area contributed by atoms with Crippen LogP contribution in [0.1, 0.15) is 42.5 Å². The first kappa shape index (κ1) is 12.3. The summed E-state index contributed by atoms with van der Waals surface area (Å²) in [5.74, 6) is 2.55. The van der Waals surface area contributed by atoms with E-state index in [0.29, 0.717) is 18.0 Å². The van der Waals surface area contributed by atoms with Gasteiger partial charge in [-0.15, -0.1) is 0 Å². The molecule has 1 heterocycles. The zero-order valence-electron chi connectivity index (χ0n) is 10.5. The van der Waals surface area contributed by atoms with Crippen LogP contribution in [-0.2, 0) is 0 Å². The largest absolute Gasteiger partial charge is 0.486 e. The molecule has 1 aliphatic heterocycles. The molecule has 1 aromatic rings. The number of rotatable bonds is 2. The minimum atomic E-state index is 0.452. The van der Waals surface area contributed by atoms with Gasteiger partial charge in [-0.2, -0.15) is 0 Å². The van der Waals surface area contributed by atoms with Gasteiger partial charge in [-0.1, -0.05) is 41.3 Å². The molecule has 0 spiro atoms. The van der Waals surface area contributed by atoms with Gasteiger partial charge in [-0.3, -0.25) is 0 Å². The Morgan fingerprint density at radius 3 is 2.50 bits per heavy atom. The molecular formula is C15H19BrO2. The van der Waals surface area contributed by atoms with Crippen molar-refractivity contribution >= 4 is 15.9 Å². The number of ether oxygens (including phenoxy) is 2. The third-order valence-corrected chi connectivity index (χ3v) is 5.22. The van der Waals surface area contributed by atoms with Crippen LogP contribution in [0.15, 0.2) is 18.2 Å². The van der Waals surface area contributed by atoms with Gasteiger partial charge in [0.2, 0.25) is 0 Å². The van der Waals surface area contributed by atoms with Crippen LogP contribution in [0, 0.1) is 5.92 Å². The third kappa shape index (κ3) is 2.51. The lowest BCUT2D eigenvalue weighted by molar-refractivity contribution is 0.171. The molecule has 0 aromatic heterocycles. The molecule has 1 aliphatic carbocycles. The standard InChI is InChI=1S/C15H19BrO2/c16-15(11-4-2-1-3-5-11)12-6-7-13-14(10-12)18-9-8-17-13/h6-7,10-11,15H,1-5,8-9H2. The first-order chi connectivity index (χ1) is 8.84. The van der Waals surface area contributed by atoms with Crippen LogP contribution in [0.5, 0.6) is 11.5 Å². The molecule has 0 amide bonds. The first-order valence-corrected chi connectivity index (χ1v) is 7.80. The van der Waals surface area contributed by atoms with E-state index in [1.807, 2.05) is 6.07 Å². The van der Waals surface area contributed by atoms with E-state index in [4.69, 9.17) is 9.47 Å². The molecular weight excluding hydrogens is 292 g/mol. The van der Waals surface area contributed by atoms with Crippen molar-refractivity contribution in [2.24, 2.45) is 5.92 Å². The lowest BCUT2D eigenvalue weighted by atomic mass is 9.84. The minimum absolute atomic E-state index is 0.452. The summed E-state index contributed by atoms with van der Waals surface area (Å²) in [6, 6.07) is 6.35. The van der Waals surface area contributed by atoms with Gasteiger partial charge in [0.1, 0.15) is 13.2 Å². The predicted molar refractivity (Wildman–Crippen MR) is 75.7 cm³/mol. The van der Waals surface area contributed by atoms with E-state index < -0.39 is 0 Å². The van der Waals surface area contributed by atoms with Gasteiger partial charge in [-0.05, 0) is 36.5 Å². The van der Waals surface area contributed by atoms with E-state index in [9.17, 15) is 0 Å². The van der Waals surface area contributed by atoms with Crippen LogP contribution in [0.4, 0.5) is 0 Å². The molecule has 1 aromatic carbocycles. The molecule has 18 heavy (non-hydrogen) atoms. The topological polar surface area (TPSA) is 18.5 Å². The quantitative estimate of drug-likeness (QED) is 0.750. The monoisotopic (exact) mass is 310 g/mol. The molecule has 2 nitrogen and oxygen atoms in total. The molecule has 3 rings (SSSR count). The average molecular weight is 311 g/mol. The Morgan fingerprint density at radius 1 is 1.00 bits per heavy atom. The normalized spacial score (nSPS) is 21.6. The Bertz CT molecular complexity index is 413.